The fourth-order valence-corrected chi connectivity index (χ4v) is 3.09. The van der Waals surface area contributed by atoms with E-state index in [1.54, 1.807) is 13.0 Å². The number of esters is 1. The molecule has 0 fully saturated rings. The van der Waals surface area contributed by atoms with Gasteiger partial charge in [-0.15, -0.1) is 0 Å². The van der Waals surface area contributed by atoms with Crippen LogP contribution in [0.4, 0.5) is 10.5 Å². The minimum atomic E-state index is -1.02. The highest BCUT2D eigenvalue weighted by Gasteiger charge is 2.16. The molecule has 166 valence electrons. The first-order valence-electron chi connectivity index (χ1n) is 10.3. The Morgan fingerprint density at radius 3 is 2.52 bits per heavy atom. The van der Waals surface area contributed by atoms with E-state index in [4.69, 9.17) is 9.47 Å². The first-order valence-corrected chi connectivity index (χ1v) is 10.3. The molecule has 0 aliphatic rings. The van der Waals surface area contributed by atoms with Gasteiger partial charge in [-0.05, 0) is 43.5 Å². The zero-order chi connectivity index (χ0) is 22.6. The summed E-state index contributed by atoms with van der Waals surface area (Å²) >= 11 is 0. The Hall–Kier alpha value is -3.35. The van der Waals surface area contributed by atoms with Crippen molar-refractivity contribution >= 4 is 24.1 Å². The van der Waals surface area contributed by atoms with Crippen molar-refractivity contribution in [2.45, 2.75) is 46.4 Å². The van der Waals surface area contributed by atoms with Gasteiger partial charge >= 0.3 is 12.1 Å². The number of aldehydes is 1. The number of aryl methyl sites for hydroxylation is 1. The van der Waals surface area contributed by atoms with Gasteiger partial charge in [-0.3, -0.25) is 9.59 Å². The summed E-state index contributed by atoms with van der Waals surface area (Å²) in [5, 5.41) is 0. The molecule has 0 saturated carbocycles. The second-order valence-corrected chi connectivity index (χ2v) is 7.05. The van der Waals surface area contributed by atoms with Crippen LogP contribution in [-0.2, 0) is 25.5 Å². The van der Waals surface area contributed by atoms with Gasteiger partial charge in [-0.2, -0.15) is 0 Å². The normalized spacial score (nSPS) is 11.3. The molecule has 0 heterocycles. The first-order chi connectivity index (χ1) is 14.9. The molecule has 0 radical (unpaired) electrons. The Morgan fingerprint density at radius 1 is 1.10 bits per heavy atom. The molecule has 2 aromatic rings. The SMILES string of the molecule is CCOC(=O)OC(C)OC(=O)CCCN(Cc1ccccc1)c1cc(C)ccc1C=O. The first kappa shape index (κ1) is 23.9. The fraction of sp³-hybridized carbons (Fsp3) is 0.375. The maximum atomic E-state index is 12.1. The number of hydrogen-bond acceptors (Lipinski definition) is 7. The van der Waals surface area contributed by atoms with E-state index in [0.717, 1.165) is 23.1 Å². The molecule has 0 bridgehead atoms. The maximum Gasteiger partial charge on any atom is 0.511 e. The smallest absolute Gasteiger partial charge is 0.435 e. The highest BCUT2D eigenvalue weighted by molar-refractivity contribution is 5.85. The summed E-state index contributed by atoms with van der Waals surface area (Å²) in [6.45, 7) is 6.41. The number of nitrogens with zero attached hydrogens (tertiary/aromatic N) is 1. The molecule has 0 saturated heterocycles. The van der Waals surface area contributed by atoms with Crippen LogP contribution >= 0.6 is 0 Å². The standard InChI is InChI=1S/C24H29NO6/c1-4-29-24(28)31-19(3)30-23(27)11-8-14-25(16-20-9-6-5-7-10-20)22-15-18(2)12-13-21(22)17-26/h5-7,9-10,12-13,15,17,19H,4,8,11,14,16H2,1-3H3. The summed E-state index contributed by atoms with van der Waals surface area (Å²) in [6.07, 6.45) is -0.410. The highest BCUT2D eigenvalue weighted by atomic mass is 16.8. The van der Waals surface area contributed by atoms with Gasteiger partial charge in [0.05, 0.1) is 6.61 Å². The average Bonchev–Trinajstić information content (AvgIpc) is 2.73. The van der Waals surface area contributed by atoms with Gasteiger partial charge in [0.2, 0.25) is 6.29 Å². The van der Waals surface area contributed by atoms with Crippen molar-refractivity contribution in [1.82, 2.24) is 0 Å². The molecule has 0 aliphatic carbocycles. The van der Waals surface area contributed by atoms with E-state index in [1.165, 1.54) is 6.92 Å². The van der Waals surface area contributed by atoms with E-state index < -0.39 is 18.4 Å². The lowest BCUT2D eigenvalue weighted by molar-refractivity contribution is -0.167. The fourth-order valence-electron chi connectivity index (χ4n) is 3.09. The minimum absolute atomic E-state index is 0.143. The van der Waals surface area contributed by atoms with Gasteiger partial charge in [-0.25, -0.2) is 4.79 Å². The lowest BCUT2D eigenvalue weighted by atomic mass is 10.1. The molecule has 2 aromatic carbocycles. The van der Waals surface area contributed by atoms with Gasteiger partial charge in [0.15, 0.2) is 6.29 Å². The van der Waals surface area contributed by atoms with Crippen molar-refractivity contribution in [3.05, 3.63) is 65.2 Å². The number of carbonyl (C=O) groups is 3. The molecule has 7 nitrogen and oxygen atoms in total. The monoisotopic (exact) mass is 427 g/mol. The second-order valence-electron chi connectivity index (χ2n) is 7.05. The van der Waals surface area contributed by atoms with E-state index in [0.29, 0.717) is 25.1 Å². The molecule has 7 heteroatoms. The number of ether oxygens (including phenoxy) is 3. The van der Waals surface area contributed by atoms with Crippen LogP contribution in [0.15, 0.2) is 48.5 Å². The second kappa shape index (κ2) is 12.4. The van der Waals surface area contributed by atoms with E-state index in [2.05, 4.69) is 9.64 Å². The van der Waals surface area contributed by atoms with E-state index in [-0.39, 0.29) is 13.0 Å². The Kier molecular flexibility index (Phi) is 9.55. The van der Waals surface area contributed by atoms with Crippen molar-refractivity contribution in [1.29, 1.82) is 0 Å². The molecule has 2 rings (SSSR count). The number of rotatable bonds is 11. The molecule has 0 amide bonds. The van der Waals surface area contributed by atoms with Crippen LogP contribution in [0.3, 0.4) is 0 Å². The Morgan fingerprint density at radius 2 is 1.84 bits per heavy atom. The van der Waals surface area contributed by atoms with Gasteiger partial charge in [0, 0.05) is 37.7 Å². The van der Waals surface area contributed by atoms with E-state index >= 15 is 0 Å². The Bertz CT molecular complexity index is 868. The quantitative estimate of drug-likeness (QED) is 0.293. The van der Waals surface area contributed by atoms with Gasteiger partial charge in [0.25, 0.3) is 0 Å². The lowest BCUT2D eigenvalue weighted by Crippen LogP contribution is -2.27. The third-order valence-corrected chi connectivity index (χ3v) is 4.50. The number of anilines is 1. The van der Waals surface area contributed by atoms with E-state index in [1.807, 2.05) is 49.4 Å². The van der Waals surface area contributed by atoms with Crippen LogP contribution in [0.2, 0.25) is 0 Å². The number of benzene rings is 2. The van der Waals surface area contributed by atoms with Crippen molar-refractivity contribution in [3.63, 3.8) is 0 Å². The topological polar surface area (TPSA) is 82.1 Å². The summed E-state index contributed by atoms with van der Waals surface area (Å²) in [7, 11) is 0. The predicted octanol–water partition coefficient (Wildman–Crippen LogP) is 4.66. The van der Waals surface area contributed by atoms with Crippen molar-refractivity contribution in [2.75, 3.05) is 18.1 Å². The minimum Gasteiger partial charge on any atom is -0.435 e. The molecule has 0 spiro atoms. The van der Waals surface area contributed by atoms with Crippen LogP contribution in [0.1, 0.15) is 48.2 Å². The zero-order valence-electron chi connectivity index (χ0n) is 18.2. The van der Waals surface area contributed by atoms with Crippen LogP contribution in [-0.4, -0.2) is 37.9 Å². The average molecular weight is 427 g/mol. The van der Waals surface area contributed by atoms with Gasteiger partial charge in [0.1, 0.15) is 0 Å². The molecular formula is C24H29NO6. The third kappa shape index (κ3) is 8.12. The summed E-state index contributed by atoms with van der Waals surface area (Å²) in [5.41, 5.74) is 3.56. The Balaban J connectivity index is 2.00. The lowest BCUT2D eigenvalue weighted by Gasteiger charge is -2.27. The van der Waals surface area contributed by atoms with Crippen molar-refractivity contribution < 1.29 is 28.6 Å². The van der Waals surface area contributed by atoms with E-state index in [9.17, 15) is 14.4 Å². The van der Waals surface area contributed by atoms with Crippen LogP contribution in [0, 0.1) is 6.92 Å². The molecule has 0 aliphatic heterocycles. The Labute approximate surface area is 182 Å². The zero-order valence-corrected chi connectivity index (χ0v) is 18.2. The third-order valence-electron chi connectivity index (χ3n) is 4.50. The molecule has 1 atom stereocenters. The van der Waals surface area contributed by atoms with Crippen LogP contribution < -0.4 is 4.90 Å². The van der Waals surface area contributed by atoms with Crippen LogP contribution in [0.25, 0.3) is 0 Å². The van der Waals surface area contributed by atoms with Gasteiger partial charge in [-0.1, -0.05) is 36.4 Å². The van der Waals surface area contributed by atoms with Crippen LogP contribution in [0.5, 0.6) is 0 Å². The summed E-state index contributed by atoms with van der Waals surface area (Å²) in [4.78, 5) is 37.1. The van der Waals surface area contributed by atoms with Gasteiger partial charge < -0.3 is 19.1 Å². The molecule has 0 N–H and O–H groups in total. The van der Waals surface area contributed by atoms with Crippen molar-refractivity contribution in [3.8, 4) is 0 Å². The number of hydrogen-bond donors (Lipinski definition) is 0. The summed E-state index contributed by atoms with van der Waals surface area (Å²) in [6, 6.07) is 15.6. The molecule has 1 unspecified atom stereocenters. The largest absolute Gasteiger partial charge is 0.511 e. The van der Waals surface area contributed by atoms with Crippen molar-refractivity contribution in [2.24, 2.45) is 0 Å². The predicted molar refractivity (Wildman–Crippen MR) is 117 cm³/mol. The number of carbonyl (C=O) groups excluding carboxylic acids is 3. The summed E-state index contributed by atoms with van der Waals surface area (Å²) < 4.78 is 14.6. The molecule has 31 heavy (non-hydrogen) atoms. The maximum absolute atomic E-state index is 12.1. The highest BCUT2D eigenvalue weighted by Crippen LogP contribution is 2.24. The molecule has 0 aromatic heterocycles. The molecular weight excluding hydrogens is 398 g/mol. The summed E-state index contributed by atoms with van der Waals surface area (Å²) in [5.74, 6) is -0.476.